The third kappa shape index (κ3) is 4.99. The van der Waals surface area contributed by atoms with Gasteiger partial charge >= 0.3 is 12.1 Å². The standard InChI is InChI=1S/C21H19ClF3N3O3/c1-20(19(30)31-2)12-28(11-17(29)26-16-9-7-15(22)8-10-16)27-18(20)13-3-5-14(6-4-13)21(23,24)25/h3-10H,11-12H2,1-2H3,(H,26,29). The Morgan fingerprint density at radius 3 is 2.32 bits per heavy atom. The third-order valence-corrected chi connectivity index (χ3v) is 5.09. The average molecular weight is 454 g/mol. The highest BCUT2D eigenvalue weighted by Gasteiger charge is 2.47. The van der Waals surface area contributed by atoms with Gasteiger partial charge in [-0.1, -0.05) is 23.7 Å². The van der Waals surface area contributed by atoms with Gasteiger partial charge in [-0.3, -0.25) is 14.6 Å². The number of halogens is 4. The first kappa shape index (κ1) is 22.6. The molecule has 0 saturated carbocycles. The van der Waals surface area contributed by atoms with Crippen LogP contribution >= 0.6 is 11.6 Å². The number of nitrogens with one attached hydrogen (secondary N) is 1. The van der Waals surface area contributed by atoms with E-state index in [1.165, 1.54) is 24.3 Å². The Labute approximate surface area is 181 Å². The predicted molar refractivity (Wildman–Crippen MR) is 110 cm³/mol. The number of hydrogen-bond donors (Lipinski definition) is 1. The molecular formula is C21H19ClF3N3O3. The van der Waals surface area contributed by atoms with Crippen molar-refractivity contribution < 1.29 is 27.5 Å². The van der Waals surface area contributed by atoms with Crippen LogP contribution in [0.25, 0.3) is 0 Å². The first-order valence-electron chi connectivity index (χ1n) is 9.18. The molecule has 1 aliphatic heterocycles. The Morgan fingerprint density at radius 2 is 1.77 bits per heavy atom. The number of methoxy groups -OCH3 is 1. The van der Waals surface area contributed by atoms with Crippen LogP contribution in [0.4, 0.5) is 18.9 Å². The minimum atomic E-state index is -4.48. The second-order valence-corrected chi connectivity index (χ2v) is 7.66. The van der Waals surface area contributed by atoms with E-state index < -0.39 is 23.1 Å². The van der Waals surface area contributed by atoms with Crippen LogP contribution in [0.2, 0.25) is 5.02 Å². The number of carbonyl (C=O) groups excluding carboxylic acids is 2. The van der Waals surface area contributed by atoms with E-state index in [1.807, 2.05) is 0 Å². The maximum absolute atomic E-state index is 12.9. The molecule has 0 bridgehead atoms. The molecule has 0 fully saturated rings. The number of esters is 1. The largest absolute Gasteiger partial charge is 0.468 e. The second kappa shape index (κ2) is 8.58. The lowest BCUT2D eigenvalue weighted by atomic mass is 9.82. The van der Waals surface area contributed by atoms with Crippen molar-refractivity contribution in [1.82, 2.24) is 5.01 Å². The van der Waals surface area contributed by atoms with Gasteiger partial charge in [-0.25, -0.2) is 0 Å². The minimum absolute atomic E-state index is 0.0318. The fourth-order valence-electron chi connectivity index (χ4n) is 3.30. The molecule has 0 spiro atoms. The molecular weight excluding hydrogens is 435 g/mol. The van der Waals surface area contributed by atoms with Gasteiger partial charge in [0.2, 0.25) is 5.91 Å². The number of ether oxygens (including phenoxy) is 1. The van der Waals surface area contributed by atoms with E-state index in [0.29, 0.717) is 16.3 Å². The third-order valence-electron chi connectivity index (χ3n) is 4.84. The zero-order chi connectivity index (χ0) is 22.8. The summed E-state index contributed by atoms with van der Waals surface area (Å²) in [6.45, 7) is 1.44. The van der Waals surface area contributed by atoms with Crippen LogP contribution in [-0.2, 0) is 20.5 Å². The van der Waals surface area contributed by atoms with Crippen molar-refractivity contribution in [3.8, 4) is 0 Å². The Kier molecular flexibility index (Phi) is 6.26. The molecule has 164 valence electrons. The SMILES string of the molecule is COC(=O)C1(C)CN(CC(=O)Nc2ccc(Cl)cc2)N=C1c1ccc(C(F)(F)F)cc1. The van der Waals surface area contributed by atoms with Crippen LogP contribution in [0.5, 0.6) is 0 Å². The number of anilines is 1. The number of benzene rings is 2. The molecule has 0 aliphatic carbocycles. The molecule has 1 aliphatic rings. The number of amides is 1. The van der Waals surface area contributed by atoms with E-state index in [4.69, 9.17) is 16.3 Å². The Bertz CT molecular complexity index is 1010. The number of carbonyl (C=O) groups is 2. The van der Waals surface area contributed by atoms with Gasteiger partial charge in [0.1, 0.15) is 12.0 Å². The van der Waals surface area contributed by atoms with Crippen molar-refractivity contribution in [3.63, 3.8) is 0 Å². The van der Waals surface area contributed by atoms with Crippen molar-refractivity contribution >= 4 is 34.9 Å². The van der Waals surface area contributed by atoms with Crippen LogP contribution in [0.1, 0.15) is 18.1 Å². The highest BCUT2D eigenvalue weighted by Crippen LogP contribution is 2.34. The van der Waals surface area contributed by atoms with Gasteiger partial charge < -0.3 is 10.1 Å². The van der Waals surface area contributed by atoms with Crippen molar-refractivity contribution in [3.05, 3.63) is 64.7 Å². The smallest absolute Gasteiger partial charge is 0.416 e. The molecule has 10 heteroatoms. The van der Waals surface area contributed by atoms with E-state index in [2.05, 4.69) is 10.4 Å². The number of hydrogen-bond acceptors (Lipinski definition) is 5. The lowest BCUT2D eigenvalue weighted by Gasteiger charge is -2.23. The summed E-state index contributed by atoms with van der Waals surface area (Å²) in [7, 11) is 1.22. The molecule has 1 atom stereocenters. The number of rotatable bonds is 5. The van der Waals surface area contributed by atoms with E-state index in [1.54, 1.807) is 31.2 Å². The summed E-state index contributed by atoms with van der Waals surface area (Å²) in [5, 5.41) is 8.96. The maximum atomic E-state index is 12.9. The minimum Gasteiger partial charge on any atom is -0.468 e. The van der Waals surface area contributed by atoms with Crippen LogP contribution in [0.15, 0.2) is 53.6 Å². The molecule has 31 heavy (non-hydrogen) atoms. The van der Waals surface area contributed by atoms with Gasteiger partial charge in [0.05, 0.1) is 24.9 Å². The summed E-state index contributed by atoms with van der Waals surface area (Å²) in [4.78, 5) is 24.9. The highest BCUT2D eigenvalue weighted by atomic mass is 35.5. The first-order chi connectivity index (χ1) is 14.5. The lowest BCUT2D eigenvalue weighted by molar-refractivity contribution is -0.148. The normalized spacial score (nSPS) is 18.5. The molecule has 0 aromatic heterocycles. The molecule has 0 radical (unpaired) electrons. The number of alkyl halides is 3. The maximum Gasteiger partial charge on any atom is 0.416 e. The summed E-state index contributed by atoms with van der Waals surface area (Å²) < 4.78 is 43.5. The van der Waals surface area contributed by atoms with E-state index in [0.717, 1.165) is 12.1 Å². The summed E-state index contributed by atoms with van der Waals surface area (Å²) >= 11 is 5.82. The molecule has 1 amide bonds. The van der Waals surface area contributed by atoms with Crippen molar-refractivity contribution in [1.29, 1.82) is 0 Å². The zero-order valence-electron chi connectivity index (χ0n) is 16.7. The number of hydrazone groups is 1. The lowest BCUT2D eigenvalue weighted by Crippen LogP contribution is -2.41. The molecule has 1 N–H and O–H groups in total. The Morgan fingerprint density at radius 1 is 1.16 bits per heavy atom. The monoisotopic (exact) mass is 453 g/mol. The van der Waals surface area contributed by atoms with Crippen molar-refractivity contribution in [2.45, 2.75) is 13.1 Å². The van der Waals surface area contributed by atoms with Crippen LogP contribution < -0.4 is 5.32 Å². The molecule has 3 rings (SSSR count). The van der Waals surface area contributed by atoms with Gasteiger partial charge in [-0.05, 0) is 48.9 Å². The molecule has 6 nitrogen and oxygen atoms in total. The summed E-state index contributed by atoms with van der Waals surface area (Å²) in [5.41, 5.74) is -0.964. The van der Waals surface area contributed by atoms with Gasteiger partial charge in [-0.2, -0.15) is 18.3 Å². The van der Waals surface area contributed by atoms with Gasteiger partial charge in [-0.15, -0.1) is 0 Å². The van der Waals surface area contributed by atoms with Crippen molar-refractivity contribution in [2.75, 3.05) is 25.5 Å². The highest BCUT2D eigenvalue weighted by molar-refractivity contribution is 6.30. The summed E-state index contributed by atoms with van der Waals surface area (Å²) in [6, 6.07) is 10.9. The van der Waals surface area contributed by atoms with Crippen LogP contribution in [0.3, 0.4) is 0 Å². The molecule has 1 heterocycles. The summed E-state index contributed by atoms with van der Waals surface area (Å²) in [6.07, 6.45) is -4.48. The Balaban J connectivity index is 1.82. The summed E-state index contributed by atoms with van der Waals surface area (Å²) in [5.74, 6) is -0.987. The van der Waals surface area contributed by atoms with Gasteiger partial charge in [0.15, 0.2) is 0 Å². The van der Waals surface area contributed by atoms with Gasteiger partial charge in [0, 0.05) is 10.7 Å². The van der Waals surface area contributed by atoms with E-state index in [-0.39, 0.29) is 24.7 Å². The number of nitrogens with zero attached hydrogens (tertiary/aromatic N) is 2. The molecule has 0 saturated heterocycles. The average Bonchev–Trinajstić information content (AvgIpc) is 3.05. The second-order valence-electron chi connectivity index (χ2n) is 7.23. The fourth-order valence-corrected chi connectivity index (χ4v) is 3.42. The first-order valence-corrected chi connectivity index (χ1v) is 9.56. The van der Waals surface area contributed by atoms with Gasteiger partial charge in [0.25, 0.3) is 0 Å². The topological polar surface area (TPSA) is 71.0 Å². The van der Waals surface area contributed by atoms with Crippen LogP contribution in [-0.4, -0.2) is 42.8 Å². The van der Waals surface area contributed by atoms with E-state index >= 15 is 0 Å². The quantitative estimate of drug-likeness (QED) is 0.689. The Hall–Kier alpha value is -3.07. The van der Waals surface area contributed by atoms with Crippen molar-refractivity contribution in [2.24, 2.45) is 10.5 Å². The molecule has 1 unspecified atom stereocenters. The predicted octanol–water partition coefficient (Wildman–Crippen LogP) is 4.20. The molecule has 2 aromatic rings. The zero-order valence-corrected chi connectivity index (χ0v) is 17.4. The van der Waals surface area contributed by atoms with E-state index in [9.17, 15) is 22.8 Å². The molecule has 2 aromatic carbocycles. The fraction of sp³-hybridized carbons (Fsp3) is 0.286. The van der Waals surface area contributed by atoms with Crippen LogP contribution in [0, 0.1) is 5.41 Å².